The maximum absolute atomic E-state index is 5.82. The number of ether oxygens (including phenoxy) is 1. The average molecular weight is 251 g/mol. The summed E-state index contributed by atoms with van der Waals surface area (Å²) < 4.78 is 7.93. The van der Waals surface area contributed by atoms with Crippen molar-refractivity contribution in [1.29, 1.82) is 0 Å². The molecule has 2 atom stereocenters. The van der Waals surface area contributed by atoms with Crippen molar-refractivity contribution in [2.24, 2.45) is 7.05 Å². The molecule has 0 bridgehead atoms. The summed E-state index contributed by atoms with van der Waals surface area (Å²) in [5.41, 5.74) is 0. The predicted octanol–water partition coefficient (Wildman–Crippen LogP) is 1.90. The van der Waals surface area contributed by atoms with Crippen LogP contribution < -0.4 is 5.32 Å². The van der Waals surface area contributed by atoms with E-state index in [4.69, 9.17) is 4.74 Å². The van der Waals surface area contributed by atoms with Crippen LogP contribution in [-0.4, -0.2) is 34.8 Å². The Morgan fingerprint density at radius 3 is 3.11 bits per heavy atom. The van der Waals surface area contributed by atoms with Gasteiger partial charge in [0.25, 0.3) is 0 Å². The molecule has 0 saturated carbocycles. The first kappa shape index (κ1) is 13.6. The Hall–Kier alpha value is -0.870. The van der Waals surface area contributed by atoms with Gasteiger partial charge in [0.05, 0.1) is 6.10 Å². The van der Waals surface area contributed by atoms with E-state index >= 15 is 0 Å². The van der Waals surface area contributed by atoms with Crippen LogP contribution >= 0.6 is 0 Å². The molecule has 2 rings (SSSR count). The molecule has 102 valence electrons. The molecule has 0 amide bonds. The van der Waals surface area contributed by atoms with Gasteiger partial charge in [-0.05, 0) is 32.2 Å². The van der Waals surface area contributed by atoms with E-state index in [9.17, 15) is 0 Å². The van der Waals surface area contributed by atoms with Crippen LogP contribution in [0.2, 0.25) is 0 Å². The molecule has 1 fully saturated rings. The molecule has 1 aliphatic rings. The fourth-order valence-corrected chi connectivity index (χ4v) is 2.59. The molecule has 0 aromatic carbocycles. The van der Waals surface area contributed by atoms with Gasteiger partial charge in [0.15, 0.2) is 0 Å². The minimum Gasteiger partial charge on any atom is -0.377 e. The zero-order chi connectivity index (χ0) is 12.8. The number of hydrogen-bond acceptors (Lipinski definition) is 3. The van der Waals surface area contributed by atoms with Gasteiger partial charge in [-0.1, -0.05) is 6.92 Å². The van der Waals surface area contributed by atoms with Crippen LogP contribution in [0.25, 0.3) is 0 Å². The van der Waals surface area contributed by atoms with E-state index in [1.54, 1.807) is 0 Å². The van der Waals surface area contributed by atoms with E-state index in [1.165, 1.54) is 19.3 Å². The lowest BCUT2D eigenvalue weighted by molar-refractivity contribution is 0.0755. The number of aryl methyl sites for hydroxylation is 2. The summed E-state index contributed by atoms with van der Waals surface area (Å²) in [7, 11) is 2.06. The zero-order valence-electron chi connectivity index (χ0n) is 11.6. The number of nitrogens with zero attached hydrogens (tertiary/aromatic N) is 2. The molecule has 1 N–H and O–H groups in total. The second-order valence-corrected chi connectivity index (χ2v) is 5.11. The topological polar surface area (TPSA) is 39.1 Å². The van der Waals surface area contributed by atoms with E-state index in [1.807, 2.05) is 12.4 Å². The molecule has 0 aliphatic carbocycles. The Kier molecular flexibility index (Phi) is 5.20. The van der Waals surface area contributed by atoms with Crippen molar-refractivity contribution in [2.75, 3.05) is 13.2 Å². The van der Waals surface area contributed by atoms with Crippen molar-refractivity contribution < 1.29 is 4.74 Å². The van der Waals surface area contributed by atoms with Crippen LogP contribution in [-0.2, 0) is 18.2 Å². The second-order valence-electron chi connectivity index (χ2n) is 5.11. The SMILES string of the molecule is CCCNC(CCc1nccn1C)C1CCCO1. The van der Waals surface area contributed by atoms with Crippen LogP contribution in [0.15, 0.2) is 12.4 Å². The molecule has 1 aromatic rings. The van der Waals surface area contributed by atoms with Gasteiger partial charge in [-0.2, -0.15) is 0 Å². The molecular formula is C14H25N3O. The Balaban J connectivity index is 1.86. The van der Waals surface area contributed by atoms with E-state index in [0.29, 0.717) is 12.1 Å². The van der Waals surface area contributed by atoms with Crippen LogP contribution in [0.1, 0.15) is 38.4 Å². The summed E-state index contributed by atoms with van der Waals surface area (Å²) in [6.07, 6.45) is 9.98. The maximum atomic E-state index is 5.82. The highest BCUT2D eigenvalue weighted by Crippen LogP contribution is 2.19. The Labute approximate surface area is 110 Å². The molecule has 1 saturated heterocycles. The highest BCUT2D eigenvalue weighted by atomic mass is 16.5. The third kappa shape index (κ3) is 3.56. The summed E-state index contributed by atoms with van der Waals surface area (Å²) in [5.74, 6) is 1.16. The van der Waals surface area contributed by atoms with Gasteiger partial charge < -0.3 is 14.6 Å². The Bertz CT molecular complexity index is 345. The third-order valence-corrected chi connectivity index (χ3v) is 3.67. The molecule has 2 heterocycles. The summed E-state index contributed by atoms with van der Waals surface area (Å²) >= 11 is 0. The fourth-order valence-electron chi connectivity index (χ4n) is 2.59. The van der Waals surface area contributed by atoms with Crippen molar-refractivity contribution in [3.63, 3.8) is 0 Å². The lowest BCUT2D eigenvalue weighted by Crippen LogP contribution is -2.40. The quantitative estimate of drug-likeness (QED) is 0.804. The Morgan fingerprint density at radius 2 is 2.50 bits per heavy atom. The third-order valence-electron chi connectivity index (χ3n) is 3.67. The van der Waals surface area contributed by atoms with Gasteiger partial charge >= 0.3 is 0 Å². The predicted molar refractivity (Wildman–Crippen MR) is 72.6 cm³/mol. The zero-order valence-corrected chi connectivity index (χ0v) is 11.6. The van der Waals surface area contributed by atoms with Crippen LogP contribution in [0.5, 0.6) is 0 Å². The van der Waals surface area contributed by atoms with Gasteiger partial charge in [-0.3, -0.25) is 0 Å². The van der Waals surface area contributed by atoms with E-state index < -0.39 is 0 Å². The van der Waals surface area contributed by atoms with Crippen LogP contribution in [0.3, 0.4) is 0 Å². The maximum Gasteiger partial charge on any atom is 0.108 e. The number of imidazole rings is 1. The molecular weight excluding hydrogens is 226 g/mol. The molecule has 4 heteroatoms. The molecule has 18 heavy (non-hydrogen) atoms. The van der Waals surface area contributed by atoms with Crippen molar-refractivity contribution >= 4 is 0 Å². The Morgan fingerprint density at radius 1 is 1.61 bits per heavy atom. The lowest BCUT2D eigenvalue weighted by Gasteiger charge is -2.24. The van der Waals surface area contributed by atoms with Crippen molar-refractivity contribution in [2.45, 2.75) is 51.2 Å². The second kappa shape index (κ2) is 6.90. The standard InChI is InChI=1S/C14H25N3O/c1-3-8-15-12(13-5-4-11-18-13)6-7-14-16-9-10-17(14)2/h9-10,12-13,15H,3-8,11H2,1-2H3. The van der Waals surface area contributed by atoms with Gasteiger partial charge in [0, 0.05) is 38.5 Å². The minimum absolute atomic E-state index is 0.400. The first-order valence-corrected chi connectivity index (χ1v) is 7.12. The normalized spacial score (nSPS) is 21.3. The summed E-state index contributed by atoms with van der Waals surface area (Å²) in [4.78, 5) is 4.39. The lowest BCUT2D eigenvalue weighted by atomic mass is 10.0. The molecule has 4 nitrogen and oxygen atoms in total. The van der Waals surface area contributed by atoms with E-state index in [-0.39, 0.29) is 0 Å². The molecule has 0 spiro atoms. The van der Waals surface area contributed by atoms with E-state index in [2.05, 4.69) is 28.8 Å². The molecule has 1 aromatic heterocycles. The van der Waals surface area contributed by atoms with Crippen molar-refractivity contribution in [1.82, 2.24) is 14.9 Å². The highest BCUT2D eigenvalue weighted by molar-refractivity contribution is 4.93. The highest BCUT2D eigenvalue weighted by Gasteiger charge is 2.25. The van der Waals surface area contributed by atoms with Crippen molar-refractivity contribution in [3.05, 3.63) is 18.2 Å². The number of aromatic nitrogens is 2. The summed E-state index contributed by atoms with van der Waals surface area (Å²) in [6, 6.07) is 0.476. The van der Waals surface area contributed by atoms with Crippen LogP contribution in [0.4, 0.5) is 0 Å². The monoisotopic (exact) mass is 251 g/mol. The first-order chi connectivity index (χ1) is 8.81. The summed E-state index contributed by atoms with van der Waals surface area (Å²) in [5, 5.41) is 3.63. The van der Waals surface area contributed by atoms with Gasteiger partial charge in [0.1, 0.15) is 5.82 Å². The minimum atomic E-state index is 0.400. The summed E-state index contributed by atoms with van der Waals surface area (Å²) in [6.45, 7) is 4.21. The van der Waals surface area contributed by atoms with Crippen LogP contribution in [0, 0.1) is 0 Å². The average Bonchev–Trinajstić information content (AvgIpc) is 3.01. The number of nitrogens with one attached hydrogen (secondary N) is 1. The largest absolute Gasteiger partial charge is 0.377 e. The number of rotatable bonds is 7. The molecule has 1 aliphatic heterocycles. The number of hydrogen-bond donors (Lipinski definition) is 1. The fraction of sp³-hybridized carbons (Fsp3) is 0.786. The van der Waals surface area contributed by atoms with Crippen molar-refractivity contribution in [3.8, 4) is 0 Å². The molecule has 2 unspecified atom stereocenters. The molecule has 0 radical (unpaired) electrons. The van der Waals surface area contributed by atoms with Gasteiger partial charge in [-0.25, -0.2) is 4.98 Å². The first-order valence-electron chi connectivity index (χ1n) is 7.12. The van der Waals surface area contributed by atoms with E-state index in [0.717, 1.165) is 31.8 Å². The van der Waals surface area contributed by atoms with Gasteiger partial charge in [-0.15, -0.1) is 0 Å². The smallest absolute Gasteiger partial charge is 0.108 e. The van der Waals surface area contributed by atoms with Gasteiger partial charge in [0.2, 0.25) is 0 Å².